The van der Waals surface area contributed by atoms with Gasteiger partial charge in [-0.05, 0) is 30.5 Å². The van der Waals surface area contributed by atoms with Crippen LogP contribution in [0.1, 0.15) is 45.7 Å². The molecule has 1 aromatic heterocycles. The van der Waals surface area contributed by atoms with Crippen molar-refractivity contribution in [2.75, 3.05) is 5.32 Å². The van der Waals surface area contributed by atoms with Crippen molar-refractivity contribution in [3.05, 3.63) is 46.6 Å². The molecule has 9 heteroatoms. The van der Waals surface area contributed by atoms with Crippen LogP contribution in [-0.2, 0) is 0 Å². The second-order valence-electron chi connectivity index (χ2n) is 6.17. The van der Waals surface area contributed by atoms with Crippen LogP contribution in [0.5, 0.6) is 0 Å². The summed E-state index contributed by atoms with van der Waals surface area (Å²) in [6.45, 7) is 3.86. The lowest BCUT2D eigenvalue weighted by molar-refractivity contribution is -0.173. The number of nitrogen functional groups attached to an aromatic ring is 1. The Balaban J connectivity index is 2.02. The Kier molecular flexibility index (Phi) is 4.19. The second-order valence-corrected chi connectivity index (χ2v) is 6.17. The molecular weight excluding hydrogens is 335 g/mol. The molecule has 4 N–H and O–H groups in total. The summed E-state index contributed by atoms with van der Waals surface area (Å²) in [5.41, 5.74) is 4.54. The molecule has 1 aliphatic rings. The van der Waals surface area contributed by atoms with E-state index in [0.717, 1.165) is 21.4 Å². The molecule has 0 saturated carbocycles. The number of hydrazine groups is 1. The predicted octanol–water partition coefficient (Wildman–Crippen LogP) is 2.76. The third-order valence-corrected chi connectivity index (χ3v) is 4.49. The van der Waals surface area contributed by atoms with Crippen LogP contribution >= 0.6 is 0 Å². The Morgan fingerprint density at radius 3 is 2.64 bits per heavy atom. The normalized spacial score (nSPS) is 19.9. The number of amides is 1. The maximum absolute atomic E-state index is 13.5. The maximum Gasteiger partial charge on any atom is 0.410 e. The zero-order chi connectivity index (χ0) is 18.4. The van der Waals surface area contributed by atoms with Crippen molar-refractivity contribution < 1.29 is 18.0 Å². The number of alkyl halides is 3. The van der Waals surface area contributed by atoms with Gasteiger partial charge in [-0.3, -0.25) is 10.2 Å². The lowest BCUT2D eigenvalue weighted by Crippen LogP contribution is -2.36. The van der Waals surface area contributed by atoms with Crippen LogP contribution in [0.3, 0.4) is 0 Å². The Morgan fingerprint density at radius 1 is 1.32 bits per heavy atom. The van der Waals surface area contributed by atoms with E-state index in [2.05, 4.69) is 10.4 Å². The molecule has 0 fully saturated rings. The third-order valence-electron chi connectivity index (χ3n) is 4.49. The molecule has 0 spiro atoms. The smallest absolute Gasteiger partial charge is 0.363 e. The molecule has 6 nitrogen and oxygen atoms in total. The van der Waals surface area contributed by atoms with Crippen LogP contribution in [-0.4, -0.2) is 21.9 Å². The van der Waals surface area contributed by atoms with Gasteiger partial charge in [-0.2, -0.15) is 18.3 Å². The number of benzene rings is 1. The highest BCUT2D eigenvalue weighted by molar-refractivity contribution is 5.92. The number of nitrogens with one attached hydrogen (secondary N) is 2. The topological polar surface area (TPSA) is 85.0 Å². The van der Waals surface area contributed by atoms with E-state index in [1.54, 1.807) is 0 Å². The van der Waals surface area contributed by atoms with E-state index in [9.17, 15) is 18.0 Å². The van der Waals surface area contributed by atoms with Gasteiger partial charge in [-0.1, -0.05) is 18.2 Å². The van der Waals surface area contributed by atoms with Crippen LogP contribution < -0.4 is 16.6 Å². The molecule has 2 heterocycles. The second kappa shape index (κ2) is 6.07. The number of carbonyl (C=O) groups is 1. The maximum atomic E-state index is 13.5. The van der Waals surface area contributed by atoms with Crippen molar-refractivity contribution in [2.24, 2.45) is 5.84 Å². The van der Waals surface area contributed by atoms with E-state index in [-0.39, 0.29) is 17.9 Å². The third kappa shape index (κ3) is 3.19. The number of hydrogen-bond acceptors (Lipinski definition) is 4. The summed E-state index contributed by atoms with van der Waals surface area (Å²) in [6, 6.07) is 4.48. The minimum Gasteiger partial charge on any atom is -0.363 e. The zero-order valence-corrected chi connectivity index (χ0v) is 13.7. The van der Waals surface area contributed by atoms with Gasteiger partial charge in [0.15, 0.2) is 11.7 Å². The molecule has 3 rings (SSSR count). The van der Waals surface area contributed by atoms with E-state index in [1.807, 2.05) is 37.5 Å². The van der Waals surface area contributed by atoms with Crippen LogP contribution in [0.15, 0.2) is 24.3 Å². The fraction of sp³-hybridized carbons (Fsp3) is 0.375. The monoisotopic (exact) mass is 353 g/mol. The molecule has 0 aliphatic carbocycles. The largest absolute Gasteiger partial charge is 0.410 e. The lowest BCUT2D eigenvalue weighted by Gasteiger charge is -2.33. The van der Waals surface area contributed by atoms with Gasteiger partial charge in [0.1, 0.15) is 5.82 Å². The Bertz CT molecular complexity index is 815. The molecule has 1 aromatic carbocycles. The van der Waals surface area contributed by atoms with Gasteiger partial charge in [-0.15, -0.1) is 0 Å². The van der Waals surface area contributed by atoms with Crippen molar-refractivity contribution in [3.63, 3.8) is 0 Å². The fourth-order valence-electron chi connectivity index (χ4n) is 2.96. The molecule has 1 amide bonds. The quantitative estimate of drug-likeness (QED) is 0.440. The highest BCUT2D eigenvalue weighted by Gasteiger charge is 2.46. The molecular formula is C16H18F3N5O. The van der Waals surface area contributed by atoms with Crippen LogP contribution in [0.2, 0.25) is 0 Å². The number of carbonyl (C=O) groups excluding carboxylic acids is 1. The Labute approximate surface area is 142 Å². The summed E-state index contributed by atoms with van der Waals surface area (Å²) in [5, 5.41) is 6.81. The highest BCUT2D eigenvalue weighted by Crippen LogP contribution is 2.43. The number of anilines is 1. The van der Waals surface area contributed by atoms with Gasteiger partial charge < -0.3 is 5.32 Å². The number of aromatic nitrogens is 2. The van der Waals surface area contributed by atoms with Crippen LogP contribution in [0.4, 0.5) is 19.0 Å². The summed E-state index contributed by atoms with van der Waals surface area (Å²) < 4.78 is 41.4. The number of fused-ring (bicyclic) bond motifs is 1. The van der Waals surface area contributed by atoms with Crippen molar-refractivity contribution in [1.82, 2.24) is 15.2 Å². The number of nitrogens with two attached hydrogens (primary N) is 1. The predicted molar refractivity (Wildman–Crippen MR) is 85.9 cm³/mol. The molecule has 1 aliphatic heterocycles. The van der Waals surface area contributed by atoms with E-state index in [0.29, 0.717) is 0 Å². The number of aryl methyl sites for hydroxylation is 2. The van der Waals surface area contributed by atoms with Crippen molar-refractivity contribution in [3.8, 4) is 0 Å². The first-order valence-corrected chi connectivity index (χ1v) is 7.71. The first-order valence-electron chi connectivity index (χ1n) is 7.71. The highest BCUT2D eigenvalue weighted by atomic mass is 19.4. The summed E-state index contributed by atoms with van der Waals surface area (Å²) in [6.07, 6.45) is -4.71. The average Bonchev–Trinajstić information content (AvgIpc) is 2.98. The minimum atomic E-state index is -4.49. The molecule has 0 bridgehead atoms. The minimum absolute atomic E-state index is 0.135. The van der Waals surface area contributed by atoms with Crippen LogP contribution in [0, 0.1) is 13.8 Å². The summed E-state index contributed by atoms with van der Waals surface area (Å²) in [4.78, 5) is 11.6. The SMILES string of the molecule is Cc1ccc([C@@H]2C[C@@H](C(F)(F)F)n3nc(C(=O)NN)cc3N2)cc1C. The molecule has 0 saturated heterocycles. The van der Waals surface area contributed by atoms with Gasteiger partial charge in [0, 0.05) is 12.5 Å². The van der Waals surface area contributed by atoms with E-state index in [4.69, 9.17) is 5.84 Å². The van der Waals surface area contributed by atoms with Gasteiger partial charge in [0.25, 0.3) is 5.91 Å². The Hall–Kier alpha value is -2.55. The summed E-state index contributed by atoms with van der Waals surface area (Å²) in [7, 11) is 0. The summed E-state index contributed by atoms with van der Waals surface area (Å²) >= 11 is 0. The number of rotatable bonds is 2. The summed E-state index contributed by atoms with van der Waals surface area (Å²) in [5.74, 6) is 4.43. The van der Waals surface area contributed by atoms with Gasteiger partial charge in [-0.25, -0.2) is 10.5 Å². The first-order chi connectivity index (χ1) is 11.7. The standard InChI is InChI=1S/C16H18F3N5O/c1-8-3-4-10(5-9(8)2)11-6-13(16(17,18)19)24-14(21-11)7-12(23-24)15(25)22-20/h3-5,7,11,13,21H,6,20H2,1-2H3,(H,22,25)/t11-,13-/m0/s1. The van der Waals surface area contributed by atoms with Crippen LogP contribution in [0.25, 0.3) is 0 Å². The molecule has 0 radical (unpaired) electrons. The van der Waals surface area contributed by atoms with E-state index < -0.39 is 24.2 Å². The molecule has 134 valence electrons. The molecule has 25 heavy (non-hydrogen) atoms. The number of halogens is 3. The van der Waals surface area contributed by atoms with Gasteiger partial charge in [0.05, 0.1) is 6.04 Å². The Morgan fingerprint density at radius 2 is 2.04 bits per heavy atom. The van der Waals surface area contributed by atoms with Gasteiger partial charge >= 0.3 is 6.18 Å². The lowest BCUT2D eigenvalue weighted by atomic mass is 9.94. The first kappa shape index (κ1) is 17.3. The van der Waals surface area contributed by atoms with E-state index in [1.165, 1.54) is 6.07 Å². The zero-order valence-electron chi connectivity index (χ0n) is 13.7. The average molecular weight is 353 g/mol. The number of nitrogens with zero attached hydrogens (tertiary/aromatic N) is 2. The molecule has 2 aromatic rings. The molecule has 0 unspecified atom stereocenters. The molecule has 2 atom stereocenters. The van der Waals surface area contributed by atoms with E-state index >= 15 is 0 Å². The van der Waals surface area contributed by atoms with Crippen molar-refractivity contribution >= 4 is 11.7 Å². The van der Waals surface area contributed by atoms with Crippen molar-refractivity contribution in [2.45, 2.75) is 38.5 Å². The fourth-order valence-corrected chi connectivity index (χ4v) is 2.96. The van der Waals surface area contributed by atoms with Crippen molar-refractivity contribution in [1.29, 1.82) is 0 Å². The van der Waals surface area contributed by atoms with Gasteiger partial charge in [0.2, 0.25) is 0 Å². The number of hydrogen-bond donors (Lipinski definition) is 3.